The van der Waals surface area contributed by atoms with Crippen LogP contribution in [0.2, 0.25) is 0 Å². The zero-order valence-corrected chi connectivity index (χ0v) is 13.6. The van der Waals surface area contributed by atoms with Gasteiger partial charge in [-0.25, -0.2) is 0 Å². The van der Waals surface area contributed by atoms with Gasteiger partial charge in [0.1, 0.15) is 11.4 Å². The normalized spacial score (nSPS) is 17.8. The van der Waals surface area contributed by atoms with Crippen LogP contribution in [0.1, 0.15) is 45.4 Å². The highest BCUT2D eigenvalue weighted by Crippen LogP contribution is 2.24. The Morgan fingerprint density at radius 3 is 2.95 bits per heavy atom. The van der Waals surface area contributed by atoms with Crippen LogP contribution in [0.4, 0.5) is 0 Å². The molecule has 2 N–H and O–H groups in total. The van der Waals surface area contributed by atoms with Crippen molar-refractivity contribution in [2.24, 2.45) is 0 Å². The molecule has 7 heteroatoms. The molecular weight excluding hydrogens is 288 g/mol. The Hall–Kier alpha value is -1.08. The number of nitrogens with zero attached hydrogens (tertiary/aromatic N) is 3. The van der Waals surface area contributed by atoms with Crippen molar-refractivity contribution in [3.8, 4) is 0 Å². The van der Waals surface area contributed by atoms with Crippen LogP contribution >= 0.6 is 11.8 Å². The van der Waals surface area contributed by atoms with Crippen LogP contribution in [0.5, 0.6) is 0 Å². The second-order valence-electron chi connectivity index (χ2n) is 5.63. The number of fused-ring (bicyclic) bond motifs is 1. The second-order valence-corrected chi connectivity index (χ2v) is 6.69. The van der Waals surface area contributed by atoms with Gasteiger partial charge in [0.25, 0.3) is 0 Å². The molecule has 118 valence electrons. The van der Waals surface area contributed by atoms with E-state index in [1.54, 1.807) is 18.7 Å². The number of hydrogen-bond acceptors (Lipinski definition) is 5. The lowest BCUT2D eigenvalue weighted by Crippen LogP contribution is -2.49. The zero-order chi connectivity index (χ0) is 15.3. The van der Waals surface area contributed by atoms with E-state index in [4.69, 9.17) is 0 Å². The van der Waals surface area contributed by atoms with Crippen LogP contribution in [0.25, 0.3) is 0 Å². The van der Waals surface area contributed by atoms with Gasteiger partial charge < -0.3 is 15.0 Å². The van der Waals surface area contributed by atoms with Crippen molar-refractivity contribution >= 4 is 17.7 Å². The minimum Gasteiger partial charge on any atom is -0.480 e. The van der Waals surface area contributed by atoms with E-state index in [-0.39, 0.29) is 0 Å². The Morgan fingerprint density at radius 2 is 2.24 bits per heavy atom. The summed E-state index contributed by atoms with van der Waals surface area (Å²) in [5.74, 6) is 0.987. The Morgan fingerprint density at radius 1 is 1.43 bits per heavy atom. The molecule has 1 aromatic rings. The van der Waals surface area contributed by atoms with Gasteiger partial charge in [-0.2, -0.15) is 0 Å². The minimum atomic E-state index is -0.872. The van der Waals surface area contributed by atoms with Crippen molar-refractivity contribution in [3.05, 3.63) is 5.82 Å². The number of likely N-dealkylation sites (N-methyl/N-ethyl adjacent to an activating group) is 1. The van der Waals surface area contributed by atoms with E-state index in [0.717, 1.165) is 23.9 Å². The van der Waals surface area contributed by atoms with Gasteiger partial charge >= 0.3 is 5.97 Å². The van der Waals surface area contributed by atoms with Crippen molar-refractivity contribution in [2.75, 3.05) is 12.3 Å². The maximum atomic E-state index is 11.4. The smallest absolute Gasteiger partial charge is 0.323 e. The summed E-state index contributed by atoms with van der Waals surface area (Å²) in [4.78, 5) is 11.4. The number of carboxylic acids is 1. The van der Waals surface area contributed by atoms with Crippen LogP contribution in [-0.2, 0) is 17.8 Å². The molecular formula is C14H24N4O2S. The molecule has 2 heterocycles. The van der Waals surface area contributed by atoms with E-state index >= 15 is 0 Å². The molecule has 21 heavy (non-hydrogen) atoms. The Bertz CT molecular complexity index is 491. The summed E-state index contributed by atoms with van der Waals surface area (Å²) in [6.07, 6.45) is 5.15. The number of aryl methyl sites for hydroxylation is 1. The van der Waals surface area contributed by atoms with Gasteiger partial charge in [-0.3, -0.25) is 4.79 Å². The number of thioether (sulfide) groups is 1. The van der Waals surface area contributed by atoms with E-state index in [9.17, 15) is 9.90 Å². The van der Waals surface area contributed by atoms with Crippen molar-refractivity contribution in [3.63, 3.8) is 0 Å². The number of aliphatic carboxylic acids is 1. The van der Waals surface area contributed by atoms with Gasteiger partial charge in [0.05, 0.1) is 0 Å². The number of carbonyl (C=O) groups is 1. The largest absolute Gasteiger partial charge is 0.480 e. The zero-order valence-electron chi connectivity index (χ0n) is 12.8. The molecule has 6 nitrogen and oxygen atoms in total. The number of hydrogen-bond donors (Lipinski definition) is 2. The molecule has 1 aromatic heterocycles. The molecule has 1 unspecified atom stereocenters. The third-order valence-electron chi connectivity index (χ3n) is 3.95. The summed E-state index contributed by atoms with van der Waals surface area (Å²) in [6, 6.07) is 0. The maximum absolute atomic E-state index is 11.4. The predicted octanol–water partition coefficient (Wildman–Crippen LogP) is 1.94. The number of aromatic nitrogens is 3. The van der Waals surface area contributed by atoms with Crippen molar-refractivity contribution in [1.29, 1.82) is 0 Å². The highest BCUT2D eigenvalue weighted by Gasteiger charge is 2.31. The molecule has 0 amide bonds. The van der Waals surface area contributed by atoms with E-state index in [0.29, 0.717) is 18.7 Å². The SMILES string of the molecule is CCNC(C)(CCSc1nnc2n1CCCCC2)C(=O)O. The number of nitrogens with one attached hydrogen (secondary N) is 1. The first-order valence-electron chi connectivity index (χ1n) is 7.60. The van der Waals surface area contributed by atoms with Crippen molar-refractivity contribution in [2.45, 2.75) is 63.2 Å². The monoisotopic (exact) mass is 312 g/mol. The number of rotatable bonds is 7. The van der Waals surface area contributed by atoms with Crippen LogP contribution in [0.3, 0.4) is 0 Å². The van der Waals surface area contributed by atoms with Crippen LogP contribution in [0, 0.1) is 0 Å². The average molecular weight is 312 g/mol. The molecule has 1 atom stereocenters. The summed E-state index contributed by atoms with van der Waals surface area (Å²) in [5, 5.41) is 21.8. The average Bonchev–Trinajstić information content (AvgIpc) is 2.68. The highest BCUT2D eigenvalue weighted by molar-refractivity contribution is 7.99. The van der Waals surface area contributed by atoms with Crippen LogP contribution in [0.15, 0.2) is 5.16 Å². The molecule has 1 aliphatic rings. The first-order chi connectivity index (χ1) is 10.1. The lowest BCUT2D eigenvalue weighted by atomic mass is 9.99. The fourth-order valence-corrected chi connectivity index (χ4v) is 3.72. The van der Waals surface area contributed by atoms with Crippen LogP contribution in [-0.4, -0.2) is 43.7 Å². The van der Waals surface area contributed by atoms with E-state index in [1.165, 1.54) is 19.3 Å². The Kier molecular flexibility index (Phi) is 5.64. The summed E-state index contributed by atoms with van der Waals surface area (Å²) in [7, 11) is 0. The van der Waals surface area contributed by atoms with Gasteiger partial charge in [-0.1, -0.05) is 25.1 Å². The fraction of sp³-hybridized carbons (Fsp3) is 0.786. The summed E-state index contributed by atoms with van der Waals surface area (Å²) in [5.41, 5.74) is -0.872. The van der Waals surface area contributed by atoms with Crippen molar-refractivity contribution < 1.29 is 9.90 Å². The lowest BCUT2D eigenvalue weighted by molar-refractivity contribution is -0.144. The second kappa shape index (κ2) is 7.26. The van der Waals surface area contributed by atoms with Gasteiger partial charge in [0.15, 0.2) is 5.16 Å². The molecule has 0 bridgehead atoms. The lowest BCUT2D eigenvalue weighted by Gasteiger charge is -2.25. The Labute approximate surface area is 129 Å². The van der Waals surface area contributed by atoms with Gasteiger partial charge in [-0.05, 0) is 32.7 Å². The summed E-state index contributed by atoms with van der Waals surface area (Å²) < 4.78 is 2.20. The molecule has 0 aliphatic carbocycles. The van der Waals surface area contributed by atoms with E-state index in [1.807, 2.05) is 6.92 Å². The maximum Gasteiger partial charge on any atom is 0.323 e. The molecule has 0 saturated carbocycles. The van der Waals surface area contributed by atoms with E-state index < -0.39 is 11.5 Å². The molecule has 0 saturated heterocycles. The third kappa shape index (κ3) is 3.97. The van der Waals surface area contributed by atoms with Crippen LogP contribution < -0.4 is 5.32 Å². The van der Waals surface area contributed by atoms with Gasteiger partial charge in [0.2, 0.25) is 0 Å². The molecule has 2 rings (SSSR count). The quantitative estimate of drug-likeness (QED) is 0.749. The first kappa shape index (κ1) is 16.3. The molecule has 0 spiro atoms. The van der Waals surface area contributed by atoms with Crippen molar-refractivity contribution in [1.82, 2.24) is 20.1 Å². The summed E-state index contributed by atoms with van der Waals surface area (Å²) >= 11 is 1.61. The third-order valence-corrected chi connectivity index (χ3v) is 4.92. The predicted molar refractivity (Wildman–Crippen MR) is 82.6 cm³/mol. The topological polar surface area (TPSA) is 80.0 Å². The Balaban J connectivity index is 1.94. The molecule has 0 aromatic carbocycles. The highest BCUT2D eigenvalue weighted by atomic mass is 32.2. The first-order valence-corrected chi connectivity index (χ1v) is 8.58. The fourth-order valence-electron chi connectivity index (χ4n) is 2.57. The molecule has 0 radical (unpaired) electrons. The minimum absolute atomic E-state index is 0.559. The molecule has 1 aliphatic heterocycles. The van der Waals surface area contributed by atoms with Gasteiger partial charge in [0, 0.05) is 18.7 Å². The standard InChI is InChI=1S/C14H24N4O2S/c1-3-15-14(2,12(19)20)8-10-21-13-17-16-11-7-5-4-6-9-18(11)13/h15H,3-10H2,1-2H3,(H,19,20). The summed E-state index contributed by atoms with van der Waals surface area (Å²) in [6.45, 7) is 5.29. The van der Waals surface area contributed by atoms with Gasteiger partial charge in [-0.15, -0.1) is 10.2 Å². The number of carboxylic acid groups (broad SMARTS) is 1. The van der Waals surface area contributed by atoms with E-state index in [2.05, 4.69) is 20.1 Å². The molecule has 0 fully saturated rings.